The summed E-state index contributed by atoms with van der Waals surface area (Å²) in [6.45, 7) is 6.36. The van der Waals surface area contributed by atoms with Crippen molar-refractivity contribution in [3.63, 3.8) is 0 Å². The van der Waals surface area contributed by atoms with E-state index in [-0.39, 0.29) is 12.0 Å². The van der Waals surface area contributed by atoms with E-state index in [2.05, 4.69) is 53.3 Å². The molecule has 1 aromatic carbocycles. The summed E-state index contributed by atoms with van der Waals surface area (Å²) in [5, 5.41) is 12.6. The number of halogens is 1. The van der Waals surface area contributed by atoms with Crippen LogP contribution in [0.3, 0.4) is 0 Å². The van der Waals surface area contributed by atoms with Crippen LogP contribution in [0.15, 0.2) is 28.7 Å². The first-order valence-corrected chi connectivity index (χ1v) is 6.89. The number of hydrogen-bond donors (Lipinski definition) is 2. The minimum atomic E-state index is 0.0530. The molecule has 2 N–H and O–H groups in total. The van der Waals surface area contributed by atoms with Gasteiger partial charge in [0.1, 0.15) is 0 Å². The number of benzene rings is 1. The molecule has 0 aromatic heterocycles. The fourth-order valence-electron chi connectivity index (χ4n) is 1.65. The van der Waals surface area contributed by atoms with Crippen LogP contribution in [0.4, 0.5) is 0 Å². The van der Waals surface area contributed by atoms with Crippen molar-refractivity contribution in [3.05, 3.63) is 34.3 Å². The fraction of sp³-hybridized carbons (Fsp3) is 0.571. The van der Waals surface area contributed by atoms with Gasteiger partial charge in [-0.2, -0.15) is 0 Å². The summed E-state index contributed by atoms with van der Waals surface area (Å²) in [6.07, 6.45) is 2.15. The molecule has 0 fully saturated rings. The van der Waals surface area contributed by atoms with Gasteiger partial charge in [-0.1, -0.05) is 41.9 Å². The lowest BCUT2D eigenvalue weighted by atomic mass is 9.89. The van der Waals surface area contributed by atoms with Crippen LogP contribution >= 0.6 is 15.9 Å². The lowest BCUT2D eigenvalue weighted by Crippen LogP contribution is -2.20. The zero-order valence-electron chi connectivity index (χ0n) is 10.7. The molecule has 1 aromatic rings. The molecular weight excluding hydrogens is 278 g/mol. The first kappa shape index (κ1) is 14.7. The zero-order valence-corrected chi connectivity index (χ0v) is 12.3. The van der Waals surface area contributed by atoms with Gasteiger partial charge in [0, 0.05) is 17.6 Å². The van der Waals surface area contributed by atoms with Crippen LogP contribution in [0, 0.1) is 5.41 Å². The highest BCUT2D eigenvalue weighted by Crippen LogP contribution is 2.20. The molecule has 1 rings (SSSR count). The Bertz CT molecular complexity index is 339. The third-order valence-corrected chi connectivity index (χ3v) is 3.35. The molecule has 3 heteroatoms. The maximum atomic E-state index is 9.13. The molecule has 0 radical (unpaired) electrons. The third-order valence-electron chi connectivity index (χ3n) is 2.85. The van der Waals surface area contributed by atoms with Crippen LogP contribution in [0.25, 0.3) is 0 Å². The molecule has 0 aliphatic rings. The number of aliphatic hydroxyl groups excluding tert-OH is 1. The van der Waals surface area contributed by atoms with E-state index < -0.39 is 0 Å². The second-order valence-electron chi connectivity index (χ2n) is 5.23. The zero-order chi connectivity index (χ0) is 12.7. The topological polar surface area (TPSA) is 32.3 Å². The largest absolute Gasteiger partial charge is 0.396 e. The molecule has 0 atom stereocenters. The van der Waals surface area contributed by atoms with E-state index in [1.54, 1.807) is 0 Å². The molecule has 96 valence electrons. The van der Waals surface area contributed by atoms with Crippen molar-refractivity contribution in [2.45, 2.75) is 33.2 Å². The highest BCUT2D eigenvalue weighted by molar-refractivity contribution is 9.10. The van der Waals surface area contributed by atoms with Crippen LogP contribution in [-0.4, -0.2) is 18.3 Å². The van der Waals surface area contributed by atoms with E-state index in [0.717, 1.165) is 30.4 Å². The van der Waals surface area contributed by atoms with E-state index in [1.165, 1.54) is 5.56 Å². The Hall–Kier alpha value is -0.380. The molecule has 0 aliphatic heterocycles. The molecule has 0 unspecified atom stereocenters. The van der Waals surface area contributed by atoms with Crippen molar-refractivity contribution in [3.8, 4) is 0 Å². The monoisotopic (exact) mass is 299 g/mol. The smallest absolute Gasteiger partial charge is 0.0482 e. The van der Waals surface area contributed by atoms with Gasteiger partial charge in [-0.05, 0) is 42.5 Å². The van der Waals surface area contributed by atoms with Gasteiger partial charge in [-0.15, -0.1) is 0 Å². The van der Waals surface area contributed by atoms with Gasteiger partial charge >= 0.3 is 0 Å². The summed E-state index contributed by atoms with van der Waals surface area (Å²) in [5.74, 6) is 0. The van der Waals surface area contributed by atoms with Crippen LogP contribution in [0.2, 0.25) is 0 Å². The normalized spacial score (nSPS) is 11.8. The standard InChI is InChI=1S/C14H22BrNO/c1-14(2,11-17)7-4-8-16-10-12-5-3-6-13(15)9-12/h3,5-6,9,16-17H,4,7-8,10-11H2,1-2H3. The molecule has 0 spiro atoms. The highest BCUT2D eigenvalue weighted by Gasteiger charge is 2.14. The van der Waals surface area contributed by atoms with Crippen molar-refractivity contribution < 1.29 is 5.11 Å². The van der Waals surface area contributed by atoms with Gasteiger partial charge < -0.3 is 10.4 Å². The molecule has 0 bridgehead atoms. The van der Waals surface area contributed by atoms with E-state index in [0.29, 0.717) is 0 Å². The maximum Gasteiger partial charge on any atom is 0.0482 e. The van der Waals surface area contributed by atoms with Crippen LogP contribution in [0.1, 0.15) is 32.3 Å². The first-order valence-electron chi connectivity index (χ1n) is 6.09. The quantitative estimate of drug-likeness (QED) is 0.757. The van der Waals surface area contributed by atoms with Crippen molar-refractivity contribution in [2.24, 2.45) is 5.41 Å². The minimum absolute atomic E-state index is 0.0530. The van der Waals surface area contributed by atoms with Crippen LogP contribution in [-0.2, 0) is 6.54 Å². The number of nitrogens with one attached hydrogen (secondary N) is 1. The molecular formula is C14H22BrNO. The van der Waals surface area contributed by atoms with Crippen molar-refractivity contribution >= 4 is 15.9 Å². The minimum Gasteiger partial charge on any atom is -0.396 e. The number of hydrogen-bond acceptors (Lipinski definition) is 2. The summed E-state index contributed by atoms with van der Waals surface area (Å²) >= 11 is 3.46. The summed E-state index contributed by atoms with van der Waals surface area (Å²) in [7, 11) is 0. The summed E-state index contributed by atoms with van der Waals surface area (Å²) in [6, 6.07) is 8.34. The Morgan fingerprint density at radius 2 is 2.12 bits per heavy atom. The average Bonchev–Trinajstić information content (AvgIpc) is 2.29. The first-order chi connectivity index (χ1) is 8.03. The number of rotatable bonds is 7. The molecule has 0 heterocycles. The van der Waals surface area contributed by atoms with Gasteiger partial charge in [0.25, 0.3) is 0 Å². The second kappa shape index (κ2) is 7.14. The van der Waals surface area contributed by atoms with Gasteiger partial charge in [0.15, 0.2) is 0 Å². The summed E-state index contributed by atoms with van der Waals surface area (Å²) in [5.41, 5.74) is 1.35. The third kappa shape index (κ3) is 6.20. The van der Waals surface area contributed by atoms with E-state index in [9.17, 15) is 0 Å². The Balaban J connectivity index is 2.17. The Labute approximate surface area is 113 Å². The lowest BCUT2D eigenvalue weighted by Gasteiger charge is -2.21. The van der Waals surface area contributed by atoms with Gasteiger partial charge in [0.05, 0.1) is 0 Å². The van der Waals surface area contributed by atoms with Crippen molar-refractivity contribution in [1.82, 2.24) is 5.32 Å². The molecule has 17 heavy (non-hydrogen) atoms. The maximum absolute atomic E-state index is 9.13. The molecule has 2 nitrogen and oxygen atoms in total. The van der Waals surface area contributed by atoms with Crippen molar-refractivity contribution in [2.75, 3.05) is 13.2 Å². The van der Waals surface area contributed by atoms with Gasteiger partial charge in [-0.25, -0.2) is 0 Å². The molecule has 0 saturated heterocycles. The second-order valence-corrected chi connectivity index (χ2v) is 6.15. The van der Waals surface area contributed by atoms with Crippen LogP contribution in [0.5, 0.6) is 0 Å². The highest BCUT2D eigenvalue weighted by atomic mass is 79.9. The molecule has 0 aliphatic carbocycles. The summed E-state index contributed by atoms with van der Waals surface area (Å²) in [4.78, 5) is 0. The Morgan fingerprint density at radius 1 is 1.35 bits per heavy atom. The van der Waals surface area contributed by atoms with Crippen LogP contribution < -0.4 is 5.32 Å². The van der Waals surface area contributed by atoms with Gasteiger partial charge in [-0.3, -0.25) is 0 Å². The predicted octanol–water partition coefficient (Wildman–Crippen LogP) is 3.34. The average molecular weight is 300 g/mol. The molecule has 0 amide bonds. The number of aliphatic hydroxyl groups is 1. The van der Waals surface area contributed by atoms with Crippen molar-refractivity contribution in [1.29, 1.82) is 0 Å². The summed E-state index contributed by atoms with van der Waals surface area (Å²) < 4.78 is 1.12. The Morgan fingerprint density at radius 3 is 2.76 bits per heavy atom. The van der Waals surface area contributed by atoms with E-state index in [4.69, 9.17) is 5.11 Å². The van der Waals surface area contributed by atoms with E-state index >= 15 is 0 Å². The SMILES string of the molecule is CC(C)(CO)CCCNCc1cccc(Br)c1. The fourth-order valence-corrected chi connectivity index (χ4v) is 2.10. The van der Waals surface area contributed by atoms with Gasteiger partial charge in [0.2, 0.25) is 0 Å². The lowest BCUT2D eigenvalue weighted by molar-refractivity contribution is 0.148. The molecule has 0 saturated carbocycles. The Kier molecular flexibility index (Phi) is 6.17. The van der Waals surface area contributed by atoms with E-state index in [1.807, 2.05) is 6.07 Å². The predicted molar refractivity (Wildman–Crippen MR) is 75.9 cm³/mol.